The summed E-state index contributed by atoms with van der Waals surface area (Å²) in [4.78, 5) is 4.68. The monoisotopic (exact) mass is 295 g/mol. The van der Waals surface area contributed by atoms with Crippen LogP contribution in [0.4, 0.5) is 0 Å². The third-order valence-corrected chi connectivity index (χ3v) is 4.95. The smallest absolute Gasteiger partial charge is 0.231 e. The molecule has 1 N–H and O–H groups in total. The van der Waals surface area contributed by atoms with Gasteiger partial charge in [0.2, 0.25) is 11.7 Å². The molecule has 0 saturated heterocycles. The predicted octanol–water partition coefficient (Wildman–Crippen LogP) is 3.22. The number of hydrogen-bond acceptors (Lipinski definition) is 5. The Bertz CT molecular complexity index is 438. The zero-order valence-electron chi connectivity index (χ0n) is 14.0. The van der Waals surface area contributed by atoms with Crippen LogP contribution in [0.5, 0.6) is 0 Å². The topological polar surface area (TPSA) is 60.2 Å². The van der Waals surface area contributed by atoms with Crippen molar-refractivity contribution in [3.63, 3.8) is 0 Å². The molecule has 2 unspecified atom stereocenters. The van der Waals surface area contributed by atoms with Crippen LogP contribution in [0.2, 0.25) is 0 Å². The Labute approximate surface area is 127 Å². The highest BCUT2D eigenvalue weighted by Crippen LogP contribution is 2.41. The molecule has 0 aromatic carbocycles. The number of nitrogens with one attached hydrogen (secondary N) is 1. The average molecular weight is 295 g/mol. The molecule has 2 atom stereocenters. The van der Waals surface area contributed by atoms with Gasteiger partial charge >= 0.3 is 0 Å². The standard InChI is InChI=1S/C16H29N3O2/c1-6-20-16(9-7-11(2)8-10-16)15-18-14(21-19-15)12(3)13(4)17-5/h11-13,17H,6-10H2,1-5H3. The molecule has 1 aliphatic rings. The average Bonchev–Trinajstić information content (AvgIpc) is 2.99. The van der Waals surface area contributed by atoms with E-state index in [2.05, 4.69) is 36.2 Å². The molecule has 1 fully saturated rings. The quantitative estimate of drug-likeness (QED) is 0.873. The van der Waals surface area contributed by atoms with Crippen molar-refractivity contribution in [3.8, 4) is 0 Å². The van der Waals surface area contributed by atoms with Crippen molar-refractivity contribution in [1.29, 1.82) is 0 Å². The van der Waals surface area contributed by atoms with Crippen LogP contribution in [-0.2, 0) is 10.3 Å². The van der Waals surface area contributed by atoms with E-state index >= 15 is 0 Å². The van der Waals surface area contributed by atoms with Crippen molar-refractivity contribution in [2.75, 3.05) is 13.7 Å². The Morgan fingerprint density at radius 2 is 2.05 bits per heavy atom. The second-order valence-corrected chi connectivity index (χ2v) is 6.43. The summed E-state index contributed by atoms with van der Waals surface area (Å²) in [7, 11) is 1.95. The van der Waals surface area contributed by atoms with Crippen LogP contribution in [0.3, 0.4) is 0 Å². The van der Waals surface area contributed by atoms with Gasteiger partial charge < -0.3 is 14.6 Å². The first-order valence-electron chi connectivity index (χ1n) is 8.17. The highest BCUT2D eigenvalue weighted by molar-refractivity contribution is 5.06. The van der Waals surface area contributed by atoms with Gasteiger partial charge in [0.05, 0.1) is 5.92 Å². The SMILES string of the molecule is CCOC1(c2noc(C(C)C(C)NC)n2)CCC(C)CC1. The van der Waals surface area contributed by atoms with Gasteiger partial charge in [-0.25, -0.2) is 0 Å². The van der Waals surface area contributed by atoms with Crippen LogP contribution in [-0.4, -0.2) is 29.8 Å². The number of aromatic nitrogens is 2. The van der Waals surface area contributed by atoms with E-state index in [-0.39, 0.29) is 11.5 Å². The summed E-state index contributed by atoms with van der Waals surface area (Å²) < 4.78 is 11.6. The van der Waals surface area contributed by atoms with Crippen LogP contribution in [0.1, 0.15) is 71.0 Å². The Balaban J connectivity index is 2.20. The third-order valence-electron chi connectivity index (χ3n) is 4.95. The van der Waals surface area contributed by atoms with E-state index < -0.39 is 0 Å². The molecule has 1 heterocycles. The lowest BCUT2D eigenvalue weighted by Gasteiger charge is -2.36. The summed E-state index contributed by atoms with van der Waals surface area (Å²) in [5.74, 6) is 2.39. The first-order chi connectivity index (χ1) is 10.0. The second-order valence-electron chi connectivity index (χ2n) is 6.43. The Hall–Kier alpha value is -0.940. The van der Waals surface area contributed by atoms with E-state index in [9.17, 15) is 0 Å². The predicted molar refractivity (Wildman–Crippen MR) is 82.2 cm³/mol. The van der Waals surface area contributed by atoms with Gasteiger partial charge in [0.25, 0.3) is 0 Å². The number of likely N-dealkylation sites (N-methyl/N-ethyl adjacent to an activating group) is 1. The highest BCUT2D eigenvalue weighted by atomic mass is 16.5. The molecule has 5 nitrogen and oxygen atoms in total. The second kappa shape index (κ2) is 6.88. The lowest BCUT2D eigenvalue weighted by atomic mass is 9.79. The Morgan fingerprint density at radius 1 is 1.38 bits per heavy atom. The van der Waals surface area contributed by atoms with Gasteiger partial charge in [0.15, 0.2) is 0 Å². The summed E-state index contributed by atoms with van der Waals surface area (Å²) in [6.45, 7) is 9.24. The molecule has 1 aliphatic carbocycles. The molecule has 5 heteroatoms. The molecular weight excluding hydrogens is 266 g/mol. The minimum Gasteiger partial charge on any atom is -0.367 e. The van der Waals surface area contributed by atoms with Crippen molar-refractivity contribution >= 4 is 0 Å². The lowest BCUT2D eigenvalue weighted by molar-refractivity contribution is -0.0847. The third kappa shape index (κ3) is 3.46. The van der Waals surface area contributed by atoms with Gasteiger partial charge in [0, 0.05) is 12.6 Å². The maximum atomic E-state index is 6.08. The van der Waals surface area contributed by atoms with Gasteiger partial charge in [-0.15, -0.1) is 0 Å². The minimum absolute atomic E-state index is 0.192. The maximum absolute atomic E-state index is 6.08. The van der Waals surface area contributed by atoms with Crippen LogP contribution in [0.15, 0.2) is 4.52 Å². The number of nitrogens with zero attached hydrogens (tertiary/aromatic N) is 2. The summed E-state index contributed by atoms with van der Waals surface area (Å²) in [5, 5.41) is 7.49. The fourth-order valence-electron chi connectivity index (χ4n) is 3.01. The molecule has 1 aromatic rings. The Morgan fingerprint density at radius 3 is 2.62 bits per heavy atom. The summed E-state index contributed by atoms with van der Waals surface area (Å²) >= 11 is 0. The largest absolute Gasteiger partial charge is 0.367 e. The van der Waals surface area contributed by atoms with Crippen LogP contribution in [0, 0.1) is 5.92 Å². The molecule has 0 bridgehead atoms. The van der Waals surface area contributed by atoms with E-state index in [0.717, 1.165) is 37.4 Å². The molecule has 1 aromatic heterocycles. The van der Waals surface area contributed by atoms with Gasteiger partial charge in [0.1, 0.15) is 5.60 Å². The molecular formula is C16H29N3O2. The molecule has 0 spiro atoms. The normalized spacial score (nSPS) is 29.3. The van der Waals surface area contributed by atoms with Crippen molar-refractivity contribution in [2.24, 2.45) is 5.92 Å². The number of ether oxygens (including phenoxy) is 1. The number of rotatable bonds is 6. The van der Waals surface area contributed by atoms with Crippen LogP contribution in [0.25, 0.3) is 0 Å². The van der Waals surface area contributed by atoms with Gasteiger partial charge in [-0.05, 0) is 52.5 Å². The van der Waals surface area contributed by atoms with Crippen LogP contribution >= 0.6 is 0 Å². The number of hydrogen-bond donors (Lipinski definition) is 1. The fraction of sp³-hybridized carbons (Fsp3) is 0.875. The molecule has 0 aliphatic heterocycles. The van der Waals surface area contributed by atoms with E-state index in [0.29, 0.717) is 18.5 Å². The van der Waals surface area contributed by atoms with Gasteiger partial charge in [-0.2, -0.15) is 4.98 Å². The lowest BCUT2D eigenvalue weighted by Crippen LogP contribution is -2.35. The fourth-order valence-corrected chi connectivity index (χ4v) is 3.01. The zero-order chi connectivity index (χ0) is 15.5. The van der Waals surface area contributed by atoms with Crippen molar-refractivity contribution in [2.45, 2.75) is 70.9 Å². The highest BCUT2D eigenvalue weighted by Gasteiger charge is 2.41. The van der Waals surface area contributed by atoms with Gasteiger partial charge in [-0.1, -0.05) is 19.0 Å². The Kier molecular flexibility index (Phi) is 5.38. The summed E-state index contributed by atoms with van der Waals surface area (Å²) in [6, 6.07) is 0.299. The first kappa shape index (κ1) is 16.4. The molecule has 1 saturated carbocycles. The van der Waals surface area contributed by atoms with Crippen molar-refractivity contribution < 1.29 is 9.26 Å². The van der Waals surface area contributed by atoms with Crippen LogP contribution < -0.4 is 5.32 Å². The molecule has 21 heavy (non-hydrogen) atoms. The van der Waals surface area contributed by atoms with E-state index in [1.807, 2.05) is 14.0 Å². The van der Waals surface area contributed by atoms with Crippen molar-refractivity contribution in [1.82, 2.24) is 15.5 Å². The van der Waals surface area contributed by atoms with E-state index in [1.54, 1.807) is 0 Å². The first-order valence-corrected chi connectivity index (χ1v) is 8.17. The molecule has 2 rings (SSSR count). The van der Waals surface area contributed by atoms with Crippen molar-refractivity contribution in [3.05, 3.63) is 11.7 Å². The molecule has 120 valence electrons. The molecule has 0 radical (unpaired) electrons. The maximum Gasteiger partial charge on any atom is 0.231 e. The minimum atomic E-state index is -0.342. The van der Waals surface area contributed by atoms with E-state index in [1.165, 1.54) is 0 Å². The zero-order valence-corrected chi connectivity index (χ0v) is 14.0. The molecule has 0 amide bonds. The van der Waals surface area contributed by atoms with E-state index in [4.69, 9.17) is 9.26 Å². The van der Waals surface area contributed by atoms with Gasteiger partial charge in [-0.3, -0.25) is 0 Å². The summed E-state index contributed by atoms with van der Waals surface area (Å²) in [5.41, 5.74) is -0.342. The summed E-state index contributed by atoms with van der Waals surface area (Å²) in [6.07, 6.45) is 4.28.